The van der Waals surface area contributed by atoms with Gasteiger partial charge >= 0.3 is 5.97 Å². The Morgan fingerprint density at radius 3 is 2.71 bits per heavy atom. The number of aromatic nitrogens is 2. The quantitative estimate of drug-likeness (QED) is 0.636. The maximum atomic E-state index is 13.5. The molecule has 0 unspecified atom stereocenters. The first-order chi connectivity index (χ1) is 13.3. The maximum Gasteiger partial charge on any atom is 0.351 e. The third-order valence-electron chi connectivity index (χ3n) is 4.13. The molecule has 3 aromatic rings. The van der Waals surface area contributed by atoms with Gasteiger partial charge in [0.05, 0.1) is 16.8 Å². The Bertz CT molecular complexity index is 1080. The van der Waals surface area contributed by atoms with Crippen LogP contribution in [0.25, 0.3) is 10.2 Å². The van der Waals surface area contributed by atoms with E-state index in [4.69, 9.17) is 10.5 Å². The van der Waals surface area contributed by atoms with Crippen LogP contribution in [0.1, 0.15) is 32.3 Å². The number of nitrogen functional groups attached to an aromatic ring is 1. The number of halogens is 1. The fourth-order valence-electron chi connectivity index (χ4n) is 2.68. The molecular formula is C19H19FN4O3S. The minimum absolute atomic E-state index is 0.132. The standard InChI is InChI=1S/C19H19FN4O3S/c1-9-4-5-12(6-13(9)20)7-22-14(25)8-27-19(26)17-16(21)15-10(2)23-11(3)24-18(15)28-17/h4-6H,7-8,21H2,1-3H3,(H,22,25). The summed E-state index contributed by atoms with van der Waals surface area (Å²) >= 11 is 1.10. The van der Waals surface area contributed by atoms with Crippen molar-refractivity contribution in [1.29, 1.82) is 0 Å². The molecule has 1 aromatic carbocycles. The number of carbonyl (C=O) groups is 2. The van der Waals surface area contributed by atoms with Crippen molar-refractivity contribution in [2.75, 3.05) is 12.3 Å². The summed E-state index contributed by atoms with van der Waals surface area (Å²) in [7, 11) is 0. The number of esters is 1. The number of anilines is 1. The summed E-state index contributed by atoms with van der Waals surface area (Å²) in [5.41, 5.74) is 8.12. The molecule has 0 radical (unpaired) electrons. The molecule has 7 nitrogen and oxygen atoms in total. The third-order valence-corrected chi connectivity index (χ3v) is 5.21. The molecule has 2 aromatic heterocycles. The number of nitrogens with two attached hydrogens (primary N) is 1. The van der Waals surface area contributed by atoms with Crippen LogP contribution in [0.5, 0.6) is 0 Å². The van der Waals surface area contributed by atoms with E-state index in [0.717, 1.165) is 11.3 Å². The number of benzene rings is 1. The third kappa shape index (κ3) is 4.09. The van der Waals surface area contributed by atoms with E-state index in [1.54, 1.807) is 32.9 Å². The Labute approximate surface area is 164 Å². The second-order valence-electron chi connectivity index (χ2n) is 6.32. The first kappa shape index (κ1) is 19.7. The molecule has 0 aliphatic rings. The number of aryl methyl sites for hydroxylation is 3. The van der Waals surface area contributed by atoms with E-state index in [-0.39, 0.29) is 22.9 Å². The van der Waals surface area contributed by atoms with Crippen LogP contribution in [0.4, 0.5) is 10.1 Å². The lowest BCUT2D eigenvalue weighted by Gasteiger charge is -2.07. The number of rotatable bonds is 5. The first-order valence-corrected chi connectivity index (χ1v) is 9.30. The summed E-state index contributed by atoms with van der Waals surface area (Å²) in [4.78, 5) is 33.6. The molecule has 0 saturated carbocycles. The Kier molecular flexibility index (Phi) is 5.55. The molecule has 0 fully saturated rings. The molecular weight excluding hydrogens is 383 g/mol. The monoisotopic (exact) mass is 402 g/mol. The zero-order valence-electron chi connectivity index (χ0n) is 15.6. The highest BCUT2D eigenvalue weighted by atomic mass is 32.1. The molecule has 9 heteroatoms. The van der Waals surface area contributed by atoms with E-state index >= 15 is 0 Å². The van der Waals surface area contributed by atoms with Crippen molar-refractivity contribution in [3.63, 3.8) is 0 Å². The molecule has 146 valence electrons. The fraction of sp³-hybridized carbons (Fsp3) is 0.263. The highest BCUT2D eigenvalue weighted by molar-refractivity contribution is 7.21. The lowest BCUT2D eigenvalue weighted by molar-refractivity contribution is -0.124. The van der Waals surface area contributed by atoms with Crippen molar-refractivity contribution in [1.82, 2.24) is 15.3 Å². The van der Waals surface area contributed by atoms with Crippen molar-refractivity contribution >= 4 is 39.1 Å². The van der Waals surface area contributed by atoms with Crippen molar-refractivity contribution in [3.8, 4) is 0 Å². The van der Waals surface area contributed by atoms with Gasteiger partial charge < -0.3 is 15.8 Å². The molecule has 3 N–H and O–H groups in total. The summed E-state index contributed by atoms with van der Waals surface area (Å²) in [5, 5.41) is 3.20. The highest BCUT2D eigenvalue weighted by Gasteiger charge is 2.21. The summed E-state index contributed by atoms with van der Waals surface area (Å²) in [6, 6.07) is 4.70. The predicted molar refractivity (Wildman–Crippen MR) is 105 cm³/mol. The van der Waals surface area contributed by atoms with Gasteiger partial charge in [0.2, 0.25) is 0 Å². The van der Waals surface area contributed by atoms with Gasteiger partial charge in [-0.15, -0.1) is 11.3 Å². The van der Waals surface area contributed by atoms with Gasteiger partial charge in [-0.3, -0.25) is 4.79 Å². The van der Waals surface area contributed by atoms with Crippen LogP contribution in [-0.2, 0) is 16.1 Å². The number of nitrogens with zero attached hydrogens (tertiary/aromatic N) is 2. The topological polar surface area (TPSA) is 107 Å². The minimum atomic E-state index is -0.700. The first-order valence-electron chi connectivity index (χ1n) is 8.48. The molecule has 0 saturated heterocycles. The van der Waals surface area contributed by atoms with Crippen molar-refractivity contribution in [3.05, 3.63) is 51.5 Å². The molecule has 0 bridgehead atoms. The maximum absolute atomic E-state index is 13.5. The zero-order chi connectivity index (χ0) is 20.4. The molecule has 1 amide bonds. The number of ether oxygens (including phenoxy) is 1. The minimum Gasteiger partial charge on any atom is -0.451 e. The van der Waals surface area contributed by atoms with Crippen molar-refractivity contribution in [2.45, 2.75) is 27.3 Å². The van der Waals surface area contributed by atoms with Crippen LogP contribution in [0.15, 0.2) is 18.2 Å². The van der Waals surface area contributed by atoms with Crippen LogP contribution in [0.2, 0.25) is 0 Å². The average molecular weight is 402 g/mol. The van der Waals surface area contributed by atoms with E-state index in [2.05, 4.69) is 15.3 Å². The lowest BCUT2D eigenvalue weighted by Crippen LogP contribution is -2.28. The molecule has 3 rings (SSSR count). The summed E-state index contributed by atoms with van der Waals surface area (Å²) in [6.07, 6.45) is 0. The van der Waals surface area contributed by atoms with E-state index in [1.165, 1.54) is 6.07 Å². The normalized spacial score (nSPS) is 10.9. The van der Waals surface area contributed by atoms with Crippen LogP contribution in [-0.4, -0.2) is 28.5 Å². The van der Waals surface area contributed by atoms with Gasteiger partial charge in [0.25, 0.3) is 5.91 Å². The van der Waals surface area contributed by atoms with Gasteiger partial charge in [-0.05, 0) is 38.0 Å². The van der Waals surface area contributed by atoms with Gasteiger partial charge in [0.1, 0.15) is 21.3 Å². The number of hydrogen-bond donors (Lipinski definition) is 2. The number of fused-ring (bicyclic) bond motifs is 1. The number of hydrogen-bond acceptors (Lipinski definition) is 7. The van der Waals surface area contributed by atoms with Gasteiger partial charge in [-0.1, -0.05) is 12.1 Å². The van der Waals surface area contributed by atoms with Gasteiger partial charge in [0, 0.05) is 6.54 Å². The smallest absolute Gasteiger partial charge is 0.351 e. The summed E-state index contributed by atoms with van der Waals surface area (Å²) < 4.78 is 18.6. The Balaban J connectivity index is 1.61. The van der Waals surface area contributed by atoms with E-state index in [0.29, 0.717) is 32.9 Å². The molecule has 28 heavy (non-hydrogen) atoms. The van der Waals surface area contributed by atoms with Crippen LogP contribution in [0.3, 0.4) is 0 Å². The fourth-order valence-corrected chi connectivity index (χ4v) is 3.76. The predicted octanol–water partition coefficient (Wildman–Crippen LogP) is 2.81. The second kappa shape index (κ2) is 7.89. The largest absolute Gasteiger partial charge is 0.451 e. The number of thiophene rings is 1. The molecule has 0 atom stereocenters. The van der Waals surface area contributed by atoms with Gasteiger partial charge in [-0.25, -0.2) is 19.2 Å². The number of carbonyl (C=O) groups excluding carboxylic acids is 2. The van der Waals surface area contributed by atoms with Gasteiger partial charge in [0.15, 0.2) is 6.61 Å². The number of nitrogens with one attached hydrogen (secondary N) is 1. The number of amides is 1. The highest BCUT2D eigenvalue weighted by Crippen LogP contribution is 2.34. The summed E-state index contributed by atoms with van der Waals surface area (Å²) in [6.45, 7) is 4.86. The van der Waals surface area contributed by atoms with Crippen LogP contribution < -0.4 is 11.1 Å². The van der Waals surface area contributed by atoms with Crippen LogP contribution in [0, 0.1) is 26.6 Å². The van der Waals surface area contributed by atoms with Crippen molar-refractivity contribution in [2.24, 2.45) is 0 Å². The Morgan fingerprint density at radius 1 is 1.25 bits per heavy atom. The van der Waals surface area contributed by atoms with Crippen molar-refractivity contribution < 1.29 is 18.7 Å². The lowest BCUT2D eigenvalue weighted by atomic mass is 10.1. The van der Waals surface area contributed by atoms with E-state index in [9.17, 15) is 14.0 Å². The molecule has 0 aliphatic heterocycles. The Morgan fingerprint density at radius 2 is 2.00 bits per heavy atom. The van der Waals surface area contributed by atoms with Crippen LogP contribution >= 0.6 is 11.3 Å². The SMILES string of the molecule is Cc1nc(C)c2c(N)c(C(=O)OCC(=O)NCc3ccc(C)c(F)c3)sc2n1. The second-order valence-corrected chi connectivity index (χ2v) is 7.32. The molecule has 0 spiro atoms. The molecule has 2 heterocycles. The molecule has 0 aliphatic carbocycles. The van der Waals surface area contributed by atoms with E-state index in [1.807, 2.05) is 0 Å². The van der Waals surface area contributed by atoms with E-state index < -0.39 is 18.5 Å². The Hall–Kier alpha value is -3.07. The average Bonchev–Trinajstić information content (AvgIpc) is 2.97. The summed E-state index contributed by atoms with van der Waals surface area (Å²) in [5.74, 6) is -0.958. The zero-order valence-corrected chi connectivity index (χ0v) is 16.4. The van der Waals surface area contributed by atoms with Gasteiger partial charge in [-0.2, -0.15) is 0 Å².